The molecule has 1 aromatic carbocycles. The predicted octanol–water partition coefficient (Wildman–Crippen LogP) is 3.34. The highest BCUT2D eigenvalue weighted by atomic mass is 35.5. The normalized spacial score (nSPS) is 24.1. The van der Waals surface area contributed by atoms with Crippen LogP contribution in [0.2, 0.25) is 5.02 Å². The lowest BCUT2D eigenvalue weighted by molar-refractivity contribution is -0.140. The molecule has 2 saturated heterocycles. The van der Waals surface area contributed by atoms with Crippen LogP contribution in [0.4, 0.5) is 0 Å². The Morgan fingerprint density at radius 1 is 1.25 bits per heavy atom. The number of ether oxygens (including phenoxy) is 1. The molecular weight excluding hydrogens is 380 g/mol. The summed E-state index contributed by atoms with van der Waals surface area (Å²) in [5.74, 6) is -1.57. The van der Waals surface area contributed by atoms with Gasteiger partial charge < -0.3 is 14.7 Å². The monoisotopic (exact) mass is 398 g/mol. The van der Waals surface area contributed by atoms with E-state index in [1.807, 2.05) is 0 Å². The molecule has 1 amide bonds. The fraction of sp³-hybridized carbons (Fsp3) is 0.286. The zero-order valence-electron chi connectivity index (χ0n) is 15.0. The number of halogens is 1. The fourth-order valence-electron chi connectivity index (χ4n) is 3.72. The average molecular weight is 399 g/mol. The number of carbonyl (C=O) groups excluding carboxylic acids is 2. The Morgan fingerprint density at radius 3 is 2.68 bits per heavy atom. The van der Waals surface area contributed by atoms with Gasteiger partial charge >= 0.3 is 0 Å². The molecule has 0 radical (unpaired) electrons. The number of carbonyl (C=O) groups is 2. The lowest BCUT2D eigenvalue weighted by atomic mass is 9.96. The Kier molecular flexibility index (Phi) is 5.15. The summed E-state index contributed by atoms with van der Waals surface area (Å²) in [6, 6.07) is 9.30. The van der Waals surface area contributed by atoms with Gasteiger partial charge in [0.05, 0.1) is 17.7 Å². The SMILES string of the molecule is O=C1C(=O)N(CC2CCCO2)C(c2cccnc2)C1=C(O)c1ccc(Cl)cc1. The molecule has 2 fully saturated rings. The van der Waals surface area contributed by atoms with Crippen LogP contribution in [0.1, 0.15) is 30.0 Å². The second kappa shape index (κ2) is 7.73. The Morgan fingerprint density at radius 2 is 2.04 bits per heavy atom. The van der Waals surface area contributed by atoms with Crippen molar-refractivity contribution in [2.45, 2.75) is 25.0 Å². The molecule has 2 aromatic rings. The third-order valence-electron chi connectivity index (χ3n) is 5.08. The van der Waals surface area contributed by atoms with Crippen molar-refractivity contribution < 1.29 is 19.4 Å². The quantitative estimate of drug-likeness (QED) is 0.485. The van der Waals surface area contributed by atoms with Gasteiger partial charge in [0.2, 0.25) is 0 Å². The van der Waals surface area contributed by atoms with Crippen LogP contribution in [0, 0.1) is 0 Å². The summed E-state index contributed by atoms with van der Waals surface area (Å²) in [5, 5.41) is 11.4. The van der Waals surface area contributed by atoms with Crippen LogP contribution in [0.3, 0.4) is 0 Å². The van der Waals surface area contributed by atoms with E-state index in [1.165, 1.54) is 4.90 Å². The summed E-state index contributed by atoms with van der Waals surface area (Å²) in [7, 11) is 0. The van der Waals surface area contributed by atoms with Gasteiger partial charge in [-0.05, 0) is 48.7 Å². The standard InChI is InChI=1S/C21H19ClN2O4/c22-15-7-5-13(6-8-15)19(25)17-18(14-3-1-9-23-11-14)24(21(27)20(17)26)12-16-4-2-10-28-16/h1,3,5-9,11,16,18,25H,2,4,10,12H2. The van der Waals surface area contributed by atoms with Gasteiger partial charge in [-0.3, -0.25) is 14.6 Å². The van der Waals surface area contributed by atoms with E-state index >= 15 is 0 Å². The average Bonchev–Trinajstić information content (AvgIpc) is 3.31. The van der Waals surface area contributed by atoms with E-state index in [9.17, 15) is 14.7 Å². The predicted molar refractivity (Wildman–Crippen MR) is 104 cm³/mol. The smallest absolute Gasteiger partial charge is 0.295 e. The number of nitrogens with zero attached hydrogens (tertiary/aromatic N) is 2. The summed E-state index contributed by atoms with van der Waals surface area (Å²) in [4.78, 5) is 31.3. The first-order chi connectivity index (χ1) is 13.6. The molecule has 0 saturated carbocycles. The number of Topliss-reactive ketones (excluding diaryl/α,β-unsaturated/α-hetero) is 1. The molecule has 1 N–H and O–H groups in total. The highest BCUT2D eigenvalue weighted by Gasteiger charge is 2.47. The highest BCUT2D eigenvalue weighted by Crippen LogP contribution is 2.39. The number of pyridine rings is 1. The molecule has 2 unspecified atom stereocenters. The number of ketones is 1. The van der Waals surface area contributed by atoms with E-state index in [-0.39, 0.29) is 17.4 Å². The molecule has 2 atom stereocenters. The van der Waals surface area contributed by atoms with Gasteiger partial charge in [0.1, 0.15) is 5.76 Å². The molecule has 0 aliphatic carbocycles. The maximum absolute atomic E-state index is 12.9. The maximum Gasteiger partial charge on any atom is 0.295 e. The minimum Gasteiger partial charge on any atom is -0.507 e. The van der Waals surface area contributed by atoms with Gasteiger partial charge in [0, 0.05) is 36.1 Å². The van der Waals surface area contributed by atoms with Crippen LogP contribution in [-0.4, -0.2) is 45.9 Å². The van der Waals surface area contributed by atoms with Crippen LogP contribution < -0.4 is 0 Å². The minimum atomic E-state index is -0.714. The van der Waals surface area contributed by atoms with Gasteiger partial charge in [-0.25, -0.2) is 0 Å². The van der Waals surface area contributed by atoms with Crippen LogP contribution in [0.5, 0.6) is 0 Å². The van der Waals surface area contributed by atoms with Gasteiger partial charge in [0.25, 0.3) is 11.7 Å². The molecule has 3 heterocycles. The van der Waals surface area contributed by atoms with Crippen molar-refractivity contribution in [2.24, 2.45) is 0 Å². The van der Waals surface area contributed by atoms with Crippen molar-refractivity contribution in [3.63, 3.8) is 0 Å². The summed E-state index contributed by atoms with van der Waals surface area (Å²) in [5.41, 5.74) is 1.14. The molecule has 7 heteroatoms. The van der Waals surface area contributed by atoms with Gasteiger partial charge in [-0.1, -0.05) is 17.7 Å². The van der Waals surface area contributed by atoms with Crippen LogP contribution in [0.25, 0.3) is 5.76 Å². The molecule has 144 valence electrons. The lowest BCUT2D eigenvalue weighted by Gasteiger charge is -2.27. The van der Waals surface area contributed by atoms with Crippen molar-refractivity contribution in [3.8, 4) is 0 Å². The van der Waals surface area contributed by atoms with Crippen molar-refractivity contribution in [3.05, 3.63) is 70.5 Å². The first kappa shape index (κ1) is 18.7. The number of likely N-dealkylation sites (tertiary alicyclic amines) is 1. The van der Waals surface area contributed by atoms with Crippen LogP contribution in [0.15, 0.2) is 54.4 Å². The molecule has 2 aliphatic heterocycles. The van der Waals surface area contributed by atoms with Crippen LogP contribution in [-0.2, 0) is 14.3 Å². The minimum absolute atomic E-state index is 0.0540. The van der Waals surface area contributed by atoms with Crippen molar-refractivity contribution in [1.29, 1.82) is 0 Å². The molecular formula is C21H19ClN2O4. The Balaban J connectivity index is 1.80. The lowest BCUT2D eigenvalue weighted by Crippen LogP contribution is -2.36. The van der Waals surface area contributed by atoms with Gasteiger partial charge in [-0.2, -0.15) is 0 Å². The Bertz CT molecular complexity index is 921. The van der Waals surface area contributed by atoms with Gasteiger partial charge in [-0.15, -0.1) is 0 Å². The number of aliphatic hydroxyl groups is 1. The molecule has 28 heavy (non-hydrogen) atoms. The van der Waals surface area contributed by atoms with Crippen molar-refractivity contribution in [1.82, 2.24) is 9.88 Å². The van der Waals surface area contributed by atoms with Gasteiger partial charge in [0.15, 0.2) is 0 Å². The fourth-order valence-corrected chi connectivity index (χ4v) is 3.85. The molecule has 2 aliphatic rings. The third-order valence-corrected chi connectivity index (χ3v) is 5.33. The summed E-state index contributed by atoms with van der Waals surface area (Å²) in [6.07, 6.45) is 4.87. The molecule has 4 rings (SSSR count). The maximum atomic E-state index is 12.9. The largest absolute Gasteiger partial charge is 0.507 e. The summed E-state index contributed by atoms with van der Waals surface area (Å²) >= 11 is 5.92. The van der Waals surface area contributed by atoms with E-state index in [4.69, 9.17) is 16.3 Å². The first-order valence-corrected chi connectivity index (χ1v) is 9.50. The zero-order chi connectivity index (χ0) is 19.7. The number of hydrogen-bond donors (Lipinski definition) is 1. The Labute approximate surface area is 167 Å². The number of aromatic nitrogens is 1. The highest BCUT2D eigenvalue weighted by molar-refractivity contribution is 6.46. The van der Waals surface area contributed by atoms with E-state index in [0.717, 1.165) is 12.8 Å². The molecule has 0 bridgehead atoms. The Hall–Kier alpha value is -2.70. The first-order valence-electron chi connectivity index (χ1n) is 9.12. The van der Waals surface area contributed by atoms with E-state index in [1.54, 1.807) is 48.8 Å². The molecule has 6 nitrogen and oxygen atoms in total. The van der Waals surface area contributed by atoms with E-state index in [0.29, 0.717) is 29.3 Å². The van der Waals surface area contributed by atoms with E-state index in [2.05, 4.69) is 4.98 Å². The second-order valence-electron chi connectivity index (χ2n) is 6.88. The van der Waals surface area contributed by atoms with Crippen molar-refractivity contribution >= 4 is 29.1 Å². The number of benzene rings is 1. The second-order valence-corrected chi connectivity index (χ2v) is 7.32. The summed E-state index contributed by atoms with van der Waals surface area (Å²) < 4.78 is 5.66. The van der Waals surface area contributed by atoms with Crippen LogP contribution >= 0.6 is 11.6 Å². The zero-order valence-corrected chi connectivity index (χ0v) is 15.8. The summed E-state index contributed by atoms with van der Waals surface area (Å²) in [6.45, 7) is 0.943. The van der Waals surface area contributed by atoms with Crippen molar-refractivity contribution in [2.75, 3.05) is 13.2 Å². The number of aliphatic hydroxyl groups excluding tert-OH is 1. The molecule has 0 spiro atoms. The molecule has 1 aromatic heterocycles. The third kappa shape index (κ3) is 3.41. The number of amides is 1. The number of rotatable bonds is 4. The topological polar surface area (TPSA) is 79.7 Å². The van der Waals surface area contributed by atoms with E-state index < -0.39 is 17.7 Å². The number of hydrogen-bond acceptors (Lipinski definition) is 5.